The Balaban J connectivity index is 0. The molecule has 4 heteroatoms. The Morgan fingerprint density at radius 3 is 2.60 bits per heavy atom. The Morgan fingerprint density at radius 2 is 2.30 bits per heavy atom. The van der Waals surface area contributed by atoms with Crippen molar-refractivity contribution in [2.45, 2.75) is 0 Å². The predicted octanol–water partition coefficient (Wildman–Crippen LogP) is -2.11. The Morgan fingerprint density at radius 1 is 1.60 bits per heavy atom. The molecular formula is C6H6BrNOZn. The Kier molecular flexibility index (Phi) is 9.10. The molecule has 0 atom stereocenters. The van der Waals surface area contributed by atoms with E-state index in [4.69, 9.17) is 4.74 Å². The third kappa shape index (κ3) is 3.96. The Labute approximate surface area is 83.5 Å². The van der Waals surface area contributed by atoms with E-state index in [1.165, 1.54) is 0 Å². The van der Waals surface area contributed by atoms with Crippen molar-refractivity contribution in [3.63, 3.8) is 0 Å². The fourth-order valence-corrected chi connectivity index (χ4v) is 0.427. The maximum Gasteiger partial charge on any atom is 2.00 e. The van der Waals surface area contributed by atoms with Gasteiger partial charge in [0, 0.05) is 5.75 Å². The summed E-state index contributed by atoms with van der Waals surface area (Å²) >= 11 is 0. The van der Waals surface area contributed by atoms with Gasteiger partial charge in [0.15, 0.2) is 0 Å². The topological polar surface area (TPSA) is 22.1 Å². The normalized spacial score (nSPS) is 6.90. The van der Waals surface area contributed by atoms with Crippen LogP contribution in [0, 0.1) is 6.20 Å². The number of nitrogens with zero attached hydrogens (tertiary/aromatic N) is 1. The molecule has 50 valence electrons. The van der Waals surface area contributed by atoms with Gasteiger partial charge < -0.3 is 26.7 Å². The summed E-state index contributed by atoms with van der Waals surface area (Å²) in [5.41, 5.74) is 0. The number of ether oxygens (including phenoxy) is 1. The van der Waals surface area contributed by atoms with Crippen LogP contribution in [0.25, 0.3) is 0 Å². The first-order valence-corrected chi connectivity index (χ1v) is 2.29. The molecule has 0 saturated carbocycles. The summed E-state index contributed by atoms with van der Waals surface area (Å²) in [7, 11) is 1.61. The zero-order valence-corrected chi connectivity index (χ0v) is 10.2. The first-order chi connectivity index (χ1) is 3.93. The standard InChI is InChI=1S/C6H6NO.BrH.Zn/c1-8-6-3-2-4-7-5-6;;/h2-3,5H,1H3;1H;/q-1;;+2/p-1. The summed E-state index contributed by atoms with van der Waals surface area (Å²) in [6.45, 7) is 0. The van der Waals surface area contributed by atoms with Gasteiger partial charge in [-0.05, 0) is 6.20 Å². The second-order valence-corrected chi connectivity index (χ2v) is 1.33. The fourth-order valence-electron chi connectivity index (χ4n) is 0.427. The van der Waals surface area contributed by atoms with E-state index < -0.39 is 0 Å². The minimum Gasteiger partial charge on any atom is -1.00 e. The van der Waals surface area contributed by atoms with Crippen LogP contribution in [0.4, 0.5) is 0 Å². The molecule has 0 fully saturated rings. The van der Waals surface area contributed by atoms with Crippen molar-refractivity contribution in [3.05, 3.63) is 24.5 Å². The third-order valence-corrected chi connectivity index (χ3v) is 0.824. The molecule has 1 heterocycles. The van der Waals surface area contributed by atoms with Gasteiger partial charge in [0.1, 0.15) is 0 Å². The van der Waals surface area contributed by atoms with Gasteiger partial charge in [0.2, 0.25) is 0 Å². The second kappa shape index (κ2) is 7.16. The maximum absolute atomic E-state index is 4.83. The van der Waals surface area contributed by atoms with Crippen molar-refractivity contribution in [1.82, 2.24) is 4.98 Å². The van der Waals surface area contributed by atoms with Gasteiger partial charge in [0.25, 0.3) is 0 Å². The van der Waals surface area contributed by atoms with E-state index in [1.54, 1.807) is 25.4 Å². The maximum atomic E-state index is 4.83. The van der Waals surface area contributed by atoms with Crippen molar-refractivity contribution < 1.29 is 41.2 Å². The molecule has 0 aliphatic carbocycles. The van der Waals surface area contributed by atoms with Gasteiger partial charge in [-0.3, -0.25) is 0 Å². The number of rotatable bonds is 1. The molecule has 2 nitrogen and oxygen atoms in total. The zero-order valence-electron chi connectivity index (χ0n) is 5.67. The molecule has 1 aromatic heterocycles. The monoisotopic (exact) mass is 251 g/mol. The molecule has 0 unspecified atom stereocenters. The smallest absolute Gasteiger partial charge is 1.00 e. The molecule has 0 N–H and O–H groups in total. The predicted molar refractivity (Wildman–Crippen MR) is 29.6 cm³/mol. The molecule has 1 aromatic rings. The first-order valence-electron chi connectivity index (χ1n) is 2.29. The quantitative estimate of drug-likeness (QED) is 0.422. The summed E-state index contributed by atoms with van der Waals surface area (Å²) in [5, 5.41) is 0. The van der Waals surface area contributed by atoms with E-state index in [0.29, 0.717) is 0 Å². The van der Waals surface area contributed by atoms with E-state index in [2.05, 4.69) is 11.2 Å². The minimum atomic E-state index is 0. The van der Waals surface area contributed by atoms with Crippen LogP contribution < -0.4 is 21.7 Å². The number of pyridine rings is 1. The molecular weight excluding hydrogens is 247 g/mol. The van der Waals surface area contributed by atoms with Crippen LogP contribution in [0.5, 0.6) is 5.75 Å². The molecule has 0 radical (unpaired) electrons. The number of hydrogen-bond acceptors (Lipinski definition) is 2. The number of methoxy groups -OCH3 is 1. The van der Waals surface area contributed by atoms with Crippen LogP contribution in [0.1, 0.15) is 0 Å². The van der Waals surface area contributed by atoms with E-state index in [9.17, 15) is 0 Å². The second-order valence-electron chi connectivity index (χ2n) is 1.33. The van der Waals surface area contributed by atoms with Crippen LogP contribution in [-0.4, -0.2) is 12.1 Å². The van der Waals surface area contributed by atoms with E-state index >= 15 is 0 Å². The van der Waals surface area contributed by atoms with Gasteiger partial charge >= 0.3 is 19.5 Å². The minimum absolute atomic E-state index is 0. The van der Waals surface area contributed by atoms with Crippen LogP contribution in [0.3, 0.4) is 0 Å². The average Bonchev–Trinajstić information content (AvgIpc) is 1.90. The summed E-state index contributed by atoms with van der Waals surface area (Å²) in [6, 6.07) is 3.51. The summed E-state index contributed by atoms with van der Waals surface area (Å²) in [6.07, 6.45) is 4.25. The third-order valence-electron chi connectivity index (χ3n) is 0.824. The summed E-state index contributed by atoms with van der Waals surface area (Å²) < 4.78 is 4.83. The first kappa shape index (κ1) is 12.7. The van der Waals surface area contributed by atoms with Crippen LogP contribution in [0.15, 0.2) is 18.3 Å². The average molecular weight is 253 g/mol. The summed E-state index contributed by atoms with van der Waals surface area (Å²) in [4.78, 5) is 3.71. The molecule has 0 aromatic carbocycles. The van der Waals surface area contributed by atoms with Crippen molar-refractivity contribution in [2.75, 3.05) is 7.11 Å². The number of hydrogen-bond donors (Lipinski definition) is 0. The van der Waals surface area contributed by atoms with E-state index in [1.807, 2.05) is 0 Å². The van der Waals surface area contributed by atoms with Crippen molar-refractivity contribution in [2.24, 2.45) is 0 Å². The number of halogens is 1. The van der Waals surface area contributed by atoms with Gasteiger partial charge in [-0.15, -0.1) is 6.07 Å². The van der Waals surface area contributed by atoms with Crippen LogP contribution in [-0.2, 0) is 19.5 Å². The molecule has 0 spiro atoms. The van der Waals surface area contributed by atoms with Crippen molar-refractivity contribution in [3.8, 4) is 5.75 Å². The van der Waals surface area contributed by atoms with Gasteiger partial charge in [-0.25, -0.2) is 0 Å². The van der Waals surface area contributed by atoms with Gasteiger partial charge in [0.05, 0.1) is 7.11 Å². The SMILES string of the molecule is COc1cc[c-]nc1.[Br-].[Zn+2]. The van der Waals surface area contributed by atoms with Crippen LogP contribution in [0.2, 0.25) is 0 Å². The van der Waals surface area contributed by atoms with Gasteiger partial charge in [-0.1, -0.05) is 6.20 Å². The van der Waals surface area contributed by atoms with E-state index in [-0.39, 0.29) is 36.5 Å². The molecule has 0 amide bonds. The Hall–Kier alpha value is 0.0534. The fraction of sp³-hybridized carbons (Fsp3) is 0.167. The van der Waals surface area contributed by atoms with Crippen LogP contribution >= 0.6 is 0 Å². The molecule has 0 aliphatic heterocycles. The van der Waals surface area contributed by atoms with Gasteiger partial charge in [-0.2, -0.15) is 6.07 Å². The summed E-state index contributed by atoms with van der Waals surface area (Å²) in [5.74, 6) is 0.767. The molecule has 10 heavy (non-hydrogen) atoms. The van der Waals surface area contributed by atoms with E-state index in [0.717, 1.165) is 5.75 Å². The molecule has 1 rings (SSSR count). The van der Waals surface area contributed by atoms with Crippen molar-refractivity contribution in [1.29, 1.82) is 0 Å². The Bertz CT molecular complexity index is 159. The largest absolute Gasteiger partial charge is 2.00 e. The van der Waals surface area contributed by atoms with Crippen molar-refractivity contribution >= 4 is 0 Å². The zero-order chi connectivity index (χ0) is 5.82. The molecule has 0 bridgehead atoms. The molecule has 0 aliphatic rings. The number of aromatic nitrogens is 1. The molecule has 0 saturated heterocycles.